The van der Waals surface area contributed by atoms with Crippen LogP contribution in [0.3, 0.4) is 0 Å². The molecular weight excluding hydrogens is 432 g/mol. The first-order valence-corrected chi connectivity index (χ1v) is 12.7. The molecule has 0 saturated heterocycles. The monoisotopic (exact) mass is 464 g/mol. The molecule has 0 saturated carbocycles. The van der Waals surface area contributed by atoms with Gasteiger partial charge in [0, 0.05) is 12.2 Å². The van der Waals surface area contributed by atoms with E-state index in [0.29, 0.717) is 5.69 Å². The van der Waals surface area contributed by atoms with Crippen LogP contribution in [-0.4, -0.2) is 25.2 Å². The Balaban J connectivity index is 1.79. The van der Waals surface area contributed by atoms with Crippen LogP contribution < -0.4 is 5.32 Å². The molecule has 6 heteroatoms. The molecule has 0 aliphatic heterocycles. The van der Waals surface area contributed by atoms with Gasteiger partial charge in [0.2, 0.25) is 15.9 Å². The maximum atomic E-state index is 13.4. The van der Waals surface area contributed by atoms with Crippen molar-refractivity contribution in [2.24, 2.45) is 0 Å². The van der Waals surface area contributed by atoms with Crippen LogP contribution in [0.1, 0.15) is 42.0 Å². The van der Waals surface area contributed by atoms with Gasteiger partial charge in [0.05, 0.1) is 11.4 Å². The van der Waals surface area contributed by atoms with Crippen molar-refractivity contribution in [3.05, 3.63) is 95.1 Å². The van der Waals surface area contributed by atoms with Gasteiger partial charge in [0.25, 0.3) is 0 Å². The highest BCUT2D eigenvalue weighted by molar-refractivity contribution is 7.89. The second kappa shape index (κ2) is 11.3. The zero-order valence-corrected chi connectivity index (χ0v) is 20.4. The van der Waals surface area contributed by atoms with Gasteiger partial charge in [-0.15, -0.1) is 0 Å². The molecule has 3 rings (SSSR count). The van der Waals surface area contributed by atoms with Crippen molar-refractivity contribution in [1.29, 1.82) is 0 Å². The number of nitrogens with zero attached hydrogens (tertiary/aromatic N) is 1. The van der Waals surface area contributed by atoms with Crippen LogP contribution in [0.2, 0.25) is 0 Å². The topological polar surface area (TPSA) is 66.5 Å². The third-order valence-electron chi connectivity index (χ3n) is 5.48. The number of hydrogen-bond donors (Lipinski definition) is 1. The quantitative estimate of drug-likeness (QED) is 0.432. The Kier molecular flexibility index (Phi) is 8.42. The first-order valence-electron chi connectivity index (χ1n) is 11.3. The summed E-state index contributed by atoms with van der Waals surface area (Å²) in [6, 6.07) is 22.1. The van der Waals surface area contributed by atoms with Crippen LogP contribution in [0.15, 0.2) is 77.7 Å². The molecule has 0 heterocycles. The number of unbranched alkanes of at least 4 members (excludes halogenated alkanes) is 1. The molecule has 0 bridgehead atoms. The van der Waals surface area contributed by atoms with E-state index in [1.165, 1.54) is 9.87 Å². The minimum absolute atomic E-state index is 0.112. The Morgan fingerprint density at radius 2 is 1.58 bits per heavy atom. The van der Waals surface area contributed by atoms with E-state index in [1.807, 2.05) is 62.4 Å². The zero-order chi connectivity index (χ0) is 23.8. The first-order chi connectivity index (χ1) is 15.8. The summed E-state index contributed by atoms with van der Waals surface area (Å²) in [6.07, 6.45) is 3.25. The highest BCUT2D eigenvalue weighted by atomic mass is 32.2. The molecule has 0 unspecified atom stereocenters. The molecule has 33 heavy (non-hydrogen) atoms. The highest BCUT2D eigenvalue weighted by Crippen LogP contribution is 2.20. The maximum Gasteiger partial charge on any atom is 0.243 e. The summed E-state index contributed by atoms with van der Waals surface area (Å²) in [7, 11) is -3.86. The Hall–Kier alpha value is -2.96. The molecule has 174 valence electrons. The number of hydrogen-bond acceptors (Lipinski definition) is 3. The van der Waals surface area contributed by atoms with Crippen molar-refractivity contribution in [3.8, 4) is 0 Å². The Labute approximate surface area is 197 Å². The molecule has 0 radical (unpaired) electrons. The smallest absolute Gasteiger partial charge is 0.243 e. The van der Waals surface area contributed by atoms with Crippen molar-refractivity contribution in [2.45, 2.75) is 51.5 Å². The molecule has 3 aromatic carbocycles. The summed E-state index contributed by atoms with van der Waals surface area (Å²) < 4.78 is 28.1. The van der Waals surface area contributed by atoms with E-state index >= 15 is 0 Å². The van der Waals surface area contributed by atoms with E-state index in [4.69, 9.17) is 0 Å². The van der Waals surface area contributed by atoms with Crippen molar-refractivity contribution in [1.82, 2.24) is 4.31 Å². The van der Waals surface area contributed by atoms with Gasteiger partial charge in [-0.3, -0.25) is 4.79 Å². The predicted octanol–water partition coefficient (Wildman–Crippen LogP) is 5.48. The summed E-state index contributed by atoms with van der Waals surface area (Å²) in [6.45, 7) is 5.85. The minimum Gasteiger partial charge on any atom is -0.325 e. The molecule has 0 aromatic heterocycles. The molecule has 1 amide bonds. The highest BCUT2D eigenvalue weighted by Gasteiger charge is 2.27. The number of carbonyl (C=O) groups is 1. The Bertz CT molecular complexity index is 1170. The fraction of sp³-hybridized carbons (Fsp3) is 0.296. The number of aryl methyl sites for hydroxylation is 3. The van der Waals surface area contributed by atoms with Gasteiger partial charge in [-0.1, -0.05) is 73.0 Å². The van der Waals surface area contributed by atoms with Gasteiger partial charge in [-0.2, -0.15) is 4.31 Å². The molecular formula is C27H32N2O3S. The summed E-state index contributed by atoms with van der Waals surface area (Å²) >= 11 is 0. The number of carbonyl (C=O) groups excluding carboxylic acids is 1. The van der Waals surface area contributed by atoms with E-state index in [9.17, 15) is 13.2 Å². The molecule has 5 nitrogen and oxygen atoms in total. The molecule has 0 aliphatic rings. The van der Waals surface area contributed by atoms with Gasteiger partial charge >= 0.3 is 0 Å². The van der Waals surface area contributed by atoms with Crippen LogP contribution in [0.25, 0.3) is 0 Å². The number of nitrogens with one attached hydrogen (secondary N) is 1. The fourth-order valence-corrected chi connectivity index (χ4v) is 4.98. The van der Waals surface area contributed by atoms with E-state index in [-0.39, 0.29) is 23.9 Å². The lowest BCUT2D eigenvalue weighted by Gasteiger charge is -2.22. The molecule has 0 fully saturated rings. The average Bonchev–Trinajstić information content (AvgIpc) is 2.78. The fourth-order valence-electron chi connectivity index (χ4n) is 3.60. The second-order valence-corrected chi connectivity index (χ2v) is 10.4. The Morgan fingerprint density at radius 3 is 2.21 bits per heavy atom. The summed E-state index contributed by atoms with van der Waals surface area (Å²) in [5.41, 5.74) is 4.72. The molecule has 0 atom stereocenters. The third kappa shape index (κ3) is 7.01. The average molecular weight is 465 g/mol. The SMILES string of the molecule is CCCCc1ccc(NC(=O)CN(Cc2cccc(C)c2)S(=O)(=O)c2ccc(C)cc2)cc1. The molecule has 0 spiro atoms. The number of anilines is 1. The van der Waals surface area contributed by atoms with Gasteiger partial charge in [-0.05, 0) is 62.1 Å². The van der Waals surface area contributed by atoms with Crippen molar-refractivity contribution in [3.63, 3.8) is 0 Å². The predicted molar refractivity (Wildman–Crippen MR) is 134 cm³/mol. The first kappa shape index (κ1) is 24.7. The number of sulfonamides is 1. The van der Waals surface area contributed by atoms with Gasteiger partial charge in [-0.25, -0.2) is 8.42 Å². The van der Waals surface area contributed by atoms with E-state index in [1.54, 1.807) is 24.3 Å². The molecule has 0 aliphatic carbocycles. The number of rotatable bonds is 10. The van der Waals surface area contributed by atoms with E-state index in [2.05, 4.69) is 12.2 Å². The number of amides is 1. The molecule has 3 aromatic rings. The zero-order valence-electron chi connectivity index (χ0n) is 19.5. The third-order valence-corrected chi connectivity index (χ3v) is 7.28. The van der Waals surface area contributed by atoms with Crippen LogP contribution in [0.4, 0.5) is 5.69 Å². The summed E-state index contributed by atoms with van der Waals surface area (Å²) in [4.78, 5) is 13.0. The van der Waals surface area contributed by atoms with Crippen LogP contribution in [0.5, 0.6) is 0 Å². The van der Waals surface area contributed by atoms with Crippen molar-refractivity contribution in [2.75, 3.05) is 11.9 Å². The maximum absolute atomic E-state index is 13.4. The normalized spacial score (nSPS) is 11.5. The van der Waals surface area contributed by atoms with Crippen LogP contribution >= 0.6 is 0 Å². The van der Waals surface area contributed by atoms with E-state index < -0.39 is 10.0 Å². The Morgan fingerprint density at radius 1 is 0.879 bits per heavy atom. The van der Waals surface area contributed by atoms with Crippen molar-refractivity contribution >= 4 is 21.6 Å². The second-order valence-electron chi connectivity index (χ2n) is 8.42. The summed E-state index contributed by atoms with van der Waals surface area (Å²) in [5.74, 6) is -0.375. The minimum atomic E-state index is -3.86. The standard InChI is InChI=1S/C27H32N2O3S/c1-4-5-8-23-12-14-25(15-13-23)28-27(30)20-29(19-24-9-6-7-22(3)18-24)33(31,32)26-16-10-21(2)11-17-26/h6-7,9-18H,4-5,8,19-20H2,1-3H3,(H,28,30). The van der Waals surface area contributed by atoms with Crippen LogP contribution in [-0.2, 0) is 27.8 Å². The van der Waals surface area contributed by atoms with Crippen molar-refractivity contribution < 1.29 is 13.2 Å². The lowest BCUT2D eigenvalue weighted by molar-refractivity contribution is -0.116. The largest absolute Gasteiger partial charge is 0.325 e. The van der Waals surface area contributed by atoms with E-state index in [0.717, 1.165) is 36.0 Å². The van der Waals surface area contributed by atoms with Gasteiger partial charge in [0.15, 0.2) is 0 Å². The number of benzene rings is 3. The molecule has 1 N–H and O–H groups in total. The van der Waals surface area contributed by atoms with Crippen LogP contribution in [0, 0.1) is 13.8 Å². The van der Waals surface area contributed by atoms with Gasteiger partial charge < -0.3 is 5.32 Å². The summed E-state index contributed by atoms with van der Waals surface area (Å²) in [5, 5.41) is 2.84. The lowest BCUT2D eigenvalue weighted by Crippen LogP contribution is -2.37. The van der Waals surface area contributed by atoms with Gasteiger partial charge in [0.1, 0.15) is 0 Å². The lowest BCUT2D eigenvalue weighted by atomic mass is 10.1.